The monoisotopic (exact) mass is 292 g/mol. The summed E-state index contributed by atoms with van der Waals surface area (Å²) in [5.74, 6) is -0.104. The fourth-order valence-corrected chi connectivity index (χ4v) is 3.02. The highest BCUT2D eigenvalue weighted by Gasteiger charge is 2.28. The molecule has 0 unspecified atom stereocenters. The SMILES string of the molecule is C[C@H](CCc1ccccc1F)C(=O)N1CCCC[C@H]1CN. The van der Waals surface area contributed by atoms with Crippen molar-refractivity contribution < 1.29 is 9.18 Å². The number of nitrogens with two attached hydrogens (primary N) is 1. The molecule has 0 saturated carbocycles. The van der Waals surface area contributed by atoms with Crippen molar-refractivity contribution >= 4 is 5.91 Å². The number of benzene rings is 1. The molecule has 1 aromatic rings. The van der Waals surface area contributed by atoms with Crippen LogP contribution >= 0.6 is 0 Å². The standard InChI is InChI=1S/C17H25FN2O/c1-13(9-10-14-6-2-3-8-16(14)18)17(21)20-11-5-4-7-15(20)12-19/h2-3,6,8,13,15H,4-5,7,9-12,19H2,1H3/t13-,15+/m1/s1. The molecular weight excluding hydrogens is 267 g/mol. The maximum absolute atomic E-state index is 13.6. The fourth-order valence-electron chi connectivity index (χ4n) is 3.02. The molecule has 4 heteroatoms. The number of piperidine rings is 1. The summed E-state index contributed by atoms with van der Waals surface area (Å²) in [6, 6.07) is 6.96. The Morgan fingerprint density at radius 1 is 1.43 bits per heavy atom. The Balaban J connectivity index is 1.91. The summed E-state index contributed by atoms with van der Waals surface area (Å²) in [5, 5.41) is 0. The average molecular weight is 292 g/mol. The Kier molecular flexibility index (Phi) is 5.74. The van der Waals surface area contributed by atoms with Gasteiger partial charge in [-0.2, -0.15) is 0 Å². The van der Waals surface area contributed by atoms with Crippen molar-refractivity contribution in [2.75, 3.05) is 13.1 Å². The van der Waals surface area contributed by atoms with Crippen LogP contribution in [0.25, 0.3) is 0 Å². The van der Waals surface area contributed by atoms with E-state index in [9.17, 15) is 9.18 Å². The summed E-state index contributed by atoms with van der Waals surface area (Å²) in [4.78, 5) is 14.5. The van der Waals surface area contributed by atoms with Crippen LogP contribution in [0.5, 0.6) is 0 Å². The topological polar surface area (TPSA) is 46.3 Å². The van der Waals surface area contributed by atoms with Gasteiger partial charge in [0.2, 0.25) is 5.91 Å². The van der Waals surface area contributed by atoms with Crippen molar-refractivity contribution in [2.24, 2.45) is 11.7 Å². The summed E-state index contributed by atoms with van der Waals surface area (Å²) in [5.41, 5.74) is 6.46. The fraction of sp³-hybridized carbons (Fsp3) is 0.588. The van der Waals surface area contributed by atoms with Gasteiger partial charge in [-0.15, -0.1) is 0 Å². The molecule has 1 heterocycles. The second-order valence-electron chi connectivity index (χ2n) is 5.95. The van der Waals surface area contributed by atoms with Crippen LogP contribution in [0.15, 0.2) is 24.3 Å². The van der Waals surface area contributed by atoms with Gasteiger partial charge in [-0.3, -0.25) is 4.79 Å². The maximum atomic E-state index is 13.6. The zero-order chi connectivity index (χ0) is 15.2. The Bertz CT molecular complexity index is 478. The van der Waals surface area contributed by atoms with E-state index in [1.807, 2.05) is 17.9 Å². The van der Waals surface area contributed by atoms with Gasteiger partial charge in [-0.1, -0.05) is 25.1 Å². The van der Waals surface area contributed by atoms with Gasteiger partial charge in [0.25, 0.3) is 0 Å². The van der Waals surface area contributed by atoms with Crippen molar-refractivity contribution in [3.8, 4) is 0 Å². The molecule has 3 nitrogen and oxygen atoms in total. The minimum atomic E-state index is -0.185. The van der Waals surface area contributed by atoms with Crippen LogP contribution in [0.1, 0.15) is 38.2 Å². The van der Waals surface area contributed by atoms with Gasteiger partial charge in [-0.05, 0) is 43.7 Å². The molecule has 116 valence electrons. The van der Waals surface area contributed by atoms with E-state index in [1.165, 1.54) is 6.07 Å². The average Bonchev–Trinajstić information content (AvgIpc) is 2.53. The number of carbonyl (C=O) groups is 1. The number of likely N-dealkylation sites (tertiary alicyclic amines) is 1. The van der Waals surface area contributed by atoms with E-state index >= 15 is 0 Å². The van der Waals surface area contributed by atoms with Gasteiger partial charge >= 0.3 is 0 Å². The first-order valence-electron chi connectivity index (χ1n) is 7.87. The van der Waals surface area contributed by atoms with Crippen LogP contribution in [0.2, 0.25) is 0 Å². The largest absolute Gasteiger partial charge is 0.338 e. The maximum Gasteiger partial charge on any atom is 0.225 e. The third kappa shape index (κ3) is 4.03. The highest BCUT2D eigenvalue weighted by Crippen LogP contribution is 2.21. The number of halogens is 1. The summed E-state index contributed by atoms with van der Waals surface area (Å²) >= 11 is 0. The molecule has 0 spiro atoms. The number of aryl methyl sites for hydroxylation is 1. The lowest BCUT2D eigenvalue weighted by Crippen LogP contribution is -2.49. The van der Waals surface area contributed by atoms with Crippen LogP contribution < -0.4 is 5.73 Å². The van der Waals surface area contributed by atoms with Crippen LogP contribution in [0.3, 0.4) is 0 Å². The van der Waals surface area contributed by atoms with E-state index in [2.05, 4.69) is 0 Å². The molecule has 1 aliphatic heterocycles. The summed E-state index contributed by atoms with van der Waals surface area (Å²) < 4.78 is 13.6. The third-order valence-corrected chi connectivity index (χ3v) is 4.41. The van der Waals surface area contributed by atoms with Crippen LogP contribution in [-0.2, 0) is 11.2 Å². The molecule has 0 bridgehead atoms. The van der Waals surface area contributed by atoms with E-state index in [4.69, 9.17) is 5.73 Å². The van der Waals surface area contributed by atoms with E-state index in [0.717, 1.165) is 25.8 Å². The highest BCUT2D eigenvalue weighted by molar-refractivity contribution is 5.79. The van der Waals surface area contributed by atoms with E-state index in [0.29, 0.717) is 24.9 Å². The van der Waals surface area contributed by atoms with E-state index in [-0.39, 0.29) is 23.7 Å². The highest BCUT2D eigenvalue weighted by atomic mass is 19.1. The Labute approximate surface area is 126 Å². The Hall–Kier alpha value is -1.42. The second-order valence-corrected chi connectivity index (χ2v) is 5.95. The molecule has 2 rings (SSSR count). The molecule has 2 atom stereocenters. The number of nitrogens with zero attached hydrogens (tertiary/aromatic N) is 1. The lowest BCUT2D eigenvalue weighted by molar-refractivity contribution is -0.138. The number of carbonyl (C=O) groups excluding carboxylic acids is 1. The van der Waals surface area contributed by atoms with Gasteiger partial charge in [0.15, 0.2) is 0 Å². The first kappa shape index (κ1) is 16.0. The molecule has 0 aliphatic carbocycles. The zero-order valence-electron chi connectivity index (χ0n) is 12.7. The molecule has 1 fully saturated rings. The van der Waals surface area contributed by atoms with Gasteiger partial charge in [0.1, 0.15) is 5.82 Å². The minimum absolute atomic E-state index is 0.0863. The lowest BCUT2D eigenvalue weighted by atomic mass is 9.96. The smallest absolute Gasteiger partial charge is 0.225 e. The van der Waals surface area contributed by atoms with Crippen molar-refractivity contribution in [2.45, 2.75) is 45.1 Å². The zero-order valence-corrected chi connectivity index (χ0v) is 12.7. The number of amides is 1. The Morgan fingerprint density at radius 2 is 2.19 bits per heavy atom. The van der Waals surface area contributed by atoms with Crippen molar-refractivity contribution in [1.82, 2.24) is 4.90 Å². The van der Waals surface area contributed by atoms with Crippen LogP contribution in [0, 0.1) is 11.7 Å². The van der Waals surface area contributed by atoms with Gasteiger partial charge in [0, 0.05) is 25.0 Å². The molecule has 0 radical (unpaired) electrons. The molecule has 1 aromatic carbocycles. The third-order valence-electron chi connectivity index (χ3n) is 4.41. The minimum Gasteiger partial charge on any atom is -0.338 e. The van der Waals surface area contributed by atoms with E-state index in [1.54, 1.807) is 12.1 Å². The normalized spacial score (nSPS) is 20.3. The van der Waals surface area contributed by atoms with E-state index < -0.39 is 0 Å². The quantitative estimate of drug-likeness (QED) is 0.907. The number of hydrogen-bond acceptors (Lipinski definition) is 2. The number of hydrogen-bond donors (Lipinski definition) is 1. The molecule has 1 saturated heterocycles. The van der Waals surface area contributed by atoms with Gasteiger partial charge in [0.05, 0.1) is 0 Å². The summed E-state index contributed by atoms with van der Waals surface area (Å²) in [6.45, 7) is 3.28. The van der Waals surface area contributed by atoms with Crippen molar-refractivity contribution in [1.29, 1.82) is 0 Å². The molecule has 0 aromatic heterocycles. The van der Waals surface area contributed by atoms with Crippen LogP contribution in [0.4, 0.5) is 4.39 Å². The lowest BCUT2D eigenvalue weighted by Gasteiger charge is -2.36. The molecular formula is C17H25FN2O. The van der Waals surface area contributed by atoms with Crippen molar-refractivity contribution in [3.63, 3.8) is 0 Å². The summed E-state index contributed by atoms with van der Waals surface area (Å²) in [7, 11) is 0. The van der Waals surface area contributed by atoms with Crippen molar-refractivity contribution in [3.05, 3.63) is 35.6 Å². The predicted molar refractivity (Wildman–Crippen MR) is 82.3 cm³/mol. The van der Waals surface area contributed by atoms with Gasteiger partial charge in [-0.25, -0.2) is 4.39 Å². The summed E-state index contributed by atoms with van der Waals surface area (Å²) in [6.07, 6.45) is 4.48. The molecule has 1 amide bonds. The Morgan fingerprint density at radius 3 is 2.90 bits per heavy atom. The first-order valence-corrected chi connectivity index (χ1v) is 7.87. The predicted octanol–water partition coefficient (Wildman–Crippen LogP) is 2.73. The van der Waals surface area contributed by atoms with Gasteiger partial charge < -0.3 is 10.6 Å². The molecule has 1 aliphatic rings. The number of rotatable bonds is 5. The van der Waals surface area contributed by atoms with Crippen LogP contribution in [-0.4, -0.2) is 29.9 Å². The molecule has 2 N–H and O–H groups in total. The first-order chi connectivity index (χ1) is 10.1. The molecule has 21 heavy (non-hydrogen) atoms. The second kappa shape index (κ2) is 7.55.